The van der Waals surface area contributed by atoms with Crippen LogP contribution in [0.3, 0.4) is 0 Å². The molecular weight excluding hydrogens is 375 g/mol. The summed E-state index contributed by atoms with van der Waals surface area (Å²) in [6.45, 7) is 9.93. The highest BCUT2D eigenvalue weighted by molar-refractivity contribution is 5.90. The van der Waals surface area contributed by atoms with Crippen LogP contribution in [0.5, 0.6) is 0 Å². The Bertz CT molecular complexity index is 965. The van der Waals surface area contributed by atoms with Gasteiger partial charge in [-0.05, 0) is 75.3 Å². The van der Waals surface area contributed by atoms with Gasteiger partial charge < -0.3 is 10.2 Å². The number of nitrogens with zero attached hydrogens (tertiary/aromatic N) is 3. The summed E-state index contributed by atoms with van der Waals surface area (Å²) in [7, 11) is 0. The Morgan fingerprint density at radius 1 is 1.00 bits per heavy atom. The molecule has 3 rings (SSSR count). The molecule has 1 N–H and O–H groups in total. The van der Waals surface area contributed by atoms with Crippen molar-refractivity contribution in [1.29, 1.82) is 0 Å². The second kappa shape index (κ2) is 10.8. The highest BCUT2D eigenvalue weighted by Crippen LogP contribution is 2.22. The number of halogens is 1. The van der Waals surface area contributed by atoms with Gasteiger partial charge in [0.25, 0.3) is 0 Å². The van der Waals surface area contributed by atoms with Crippen molar-refractivity contribution in [2.24, 2.45) is 0 Å². The third-order valence-corrected chi connectivity index (χ3v) is 5.30. The van der Waals surface area contributed by atoms with Crippen molar-refractivity contribution in [3.63, 3.8) is 0 Å². The first-order valence-electron chi connectivity index (χ1n) is 10.8. The largest absolute Gasteiger partial charge is 0.367 e. The van der Waals surface area contributed by atoms with Crippen molar-refractivity contribution < 1.29 is 4.39 Å². The van der Waals surface area contributed by atoms with Crippen LogP contribution in [-0.2, 0) is 0 Å². The van der Waals surface area contributed by atoms with E-state index in [0.717, 1.165) is 54.8 Å². The maximum absolute atomic E-state index is 13.1. The van der Waals surface area contributed by atoms with Gasteiger partial charge in [-0.15, -0.1) is 0 Å². The van der Waals surface area contributed by atoms with Gasteiger partial charge in [0.15, 0.2) is 5.82 Å². The average Bonchev–Trinajstić information content (AvgIpc) is 2.76. The topological polar surface area (TPSA) is 41.0 Å². The predicted octanol–water partition coefficient (Wildman–Crippen LogP) is 5.86. The van der Waals surface area contributed by atoms with E-state index in [1.807, 2.05) is 36.4 Å². The van der Waals surface area contributed by atoms with Crippen molar-refractivity contribution in [3.8, 4) is 0 Å². The van der Waals surface area contributed by atoms with E-state index in [0.29, 0.717) is 11.9 Å². The van der Waals surface area contributed by atoms with Gasteiger partial charge in [0.2, 0.25) is 0 Å². The molecule has 158 valence electrons. The molecule has 0 radical (unpaired) electrons. The summed E-state index contributed by atoms with van der Waals surface area (Å²) in [6, 6.07) is 14.7. The SMILES string of the molecule is CCN(CC)CCCC(C)Nc1nc(C=Cc2ccc(F)cc2)nc2ccccc12. The van der Waals surface area contributed by atoms with Crippen LogP contribution in [-0.4, -0.2) is 40.5 Å². The van der Waals surface area contributed by atoms with E-state index in [1.54, 1.807) is 12.1 Å². The Balaban J connectivity index is 1.75. The van der Waals surface area contributed by atoms with Gasteiger partial charge in [-0.2, -0.15) is 0 Å². The minimum absolute atomic E-state index is 0.240. The zero-order chi connectivity index (χ0) is 21.3. The fourth-order valence-corrected chi connectivity index (χ4v) is 3.49. The van der Waals surface area contributed by atoms with Crippen molar-refractivity contribution in [2.75, 3.05) is 25.0 Å². The molecule has 1 atom stereocenters. The van der Waals surface area contributed by atoms with Gasteiger partial charge in [0, 0.05) is 11.4 Å². The van der Waals surface area contributed by atoms with Crippen LogP contribution < -0.4 is 5.32 Å². The van der Waals surface area contributed by atoms with E-state index in [2.05, 4.69) is 36.0 Å². The van der Waals surface area contributed by atoms with Crippen LogP contribution in [0.15, 0.2) is 48.5 Å². The third-order valence-electron chi connectivity index (χ3n) is 5.30. The lowest BCUT2D eigenvalue weighted by molar-refractivity contribution is 0.295. The second-order valence-corrected chi connectivity index (χ2v) is 7.55. The number of anilines is 1. The molecule has 0 bridgehead atoms. The summed E-state index contributed by atoms with van der Waals surface area (Å²) in [5, 5.41) is 4.61. The van der Waals surface area contributed by atoms with Crippen LogP contribution in [0.2, 0.25) is 0 Å². The minimum atomic E-state index is -0.240. The summed E-state index contributed by atoms with van der Waals surface area (Å²) >= 11 is 0. The van der Waals surface area contributed by atoms with Crippen molar-refractivity contribution >= 4 is 28.9 Å². The number of fused-ring (bicyclic) bond motifs is 1. The van der Waals surface area contributed by atoms with Gasteiger partial charge >= 0.3 is 0 Å². The van der Waals surface area contributed by atoms with Crippen LogP contribution in [0, 0.1) is 5.82 Å². The fraction of sp³-hybridized carbons (Fsp3) is 0.360. The summed E-state index contributed by atoms with van der Waals surface area (Å²) in [5.41, 5.74) is 1.82. The smallest absolute Gasteiger partial charge is 0.154 e. The number of nitrogens with one attached hydrogen (secondary N) is 1. The summed E-state index contributed by atoms with van der Waals surface area (Å²) in [5.74, 6) is 1.25. The predicted molar refractivity (Wildman–Crippen MR) is 125 cm³/mol. The number of hydrogen-bond acceptors (Lipinski definition) is 4. The third kappa shape index (κ3) is 6.10. The molecule has 0 aliphatic carbocycles. The van der Waals surface area contributed by atoms with Gasteiger partial charge in [0.05, 0.1) is 5.52 Å². The van der Waals surface area contributed by atoms with Gasteiger partial charge in [-0.3, -0.25) is 0 Å². The molecule has 3 aromatic rings. The van der Waals surface area contributed by atoms with Crippen LogP contribution in [0.4, 0.5) is 10.2 Å². The molecule has 2 aromatic carbocycles. The van der Waals surface area contributed by atoms with E-state index >= 15 is 0 Å². The Kier molecular flexibility index (Phi) is 7.91. The molecule has 1 aromatic heterocycles. The van der Waals surface area contributed by atoms with E-state index < -0.39 is 0 Å². The van der Waals surface area contributed by atoms with E-state index in [9.17, 15) is 4.39 Å². The summed E-state index contributed by atoms with van der Waals surface area (Å²) < 4.78 is 13.1. The minimum Gasteiger partial charge on any atom is -0.367 e. The highest BCUT2D eigenvalue weighted by Gasteiger charge is 2.10. The van der Waals surface area contributed by atoms with Crippen molar-refractivity contribution in [1.82, 2.24) is 14.9 Å². The fourth-order valence-electron chi connectivity index (χ4n) is 3.49. The molecule has 1 heterocycles. The van der Waals surface area contributed by atoms with Crippen LogP contribution in [0.1, 0.15) is 45.0 Å². The second-order valence-electron chi connectivity index (χ2n) is 7.55. The maximum Gasteiger partial charge on any atom is 0.154 e. The number of hydrogen-bond donors (Lipinski definition) is 1. The zero-order valence-electron chi connectivity index (χ0n) is 18.1. The molecular formula is C25H31FN4. The first-order chi connectivity index (χ1) is 14.6. The summed E-state index contributed by atoms with van der Waals surface area (Å²) in [4.78, 5) is 11.9. The first kappa shape index (κ1) is 21.9. The van der Waals surface area contributed by atoms with E-state index in [1.165, 1.54) is 12.1 Å². The molecule has 0 fully saturated rings. The van der Waals surface area contributed by atoms with Gasteiger partial charge in [-0.25, -0.2) is 14.4 Å². The lowest BCUT2D eigenvalue weighted by Crippen LogP contribution is -2.25. The Hall–Kier alpha value is -2.79. The number of aromatic nitrogens is 2. The van der Waals surface area contributed by atoms with Gasteiger partial charge in [-0.1, -0.05) is 44.2 Å². The number of para-hydroxylation sites is 1. The Morgan fingerprint density at radius 2 is 1.73 bits per heavy atom. The molecule has 4 nitrogen and oxygen atoms in total. The maximum atomic E-state index is 13.1. The van der Waals surface area contributed by atoms with Crippen molar-refractivity contribution in [3.05, 3.63) is 65.7 Å². The zero-order valence-corrected chi connectivity index (χ0v) is 18.1. The van der Waals surface area contributed by atoms with E-state index in [4.69, 9.17) is 4.98 Å². The molecule has 0 spiro atoms. The first-order valence-corrected chi connectivity index (χ1v) is 10.8. The Labute approximate surface area is 178 Å². The lowest BCUT2D eigenvalue weighted by Gasteiger charge is -2.20. The normalized spacial score (nSPS) is 12.7. The monoisotopic (exact) mass is 406 g/mol. The van der Waals surface area contributed by atoms with Crippen LogP contribution in [0.25, 0.3) is 23.1 Å². The molecule has 30 heavy (non-hydrogen) atoms. The quantitative estimate of drug-likeness (QED) is 0.458. The average molecular weight is 407 g/mol. The molecule has 0 amide bonds. The molecule has 0 saturated heterocycles. The van der Waals surface area contributed by atoms with Crippen LogP contribution >= 0.6 is 0 Å². The standard InChI is InChI=1S/C25H31FN4/c1-4-30(5-2)18-8-9-19(3)27-25-22-10-6-7-11-23(22)28-24(29-25)17-14-20-12-15-21(26)16-13-20/h6-7,10-17,19H,4-5,8-9,18H2,1-3H3,(H,27,28,29). The summed E-state index contributed by atoms with van der Waals surface area (Å²) in [6.07, 6.45) is 6.00. The molecule has 5 heteroatoms. The van der Waals surface area contributed by atoms with Gasteiger partial charge in [0.1, 0.15) is 11.6 Å². The Morgan fingerprint density at radius 3 is 2.47 bits per heavy atom. The molecule has 1 unspecified atom stereocenters. The lowest BCUT2D eigenvalue weighted by atomic mass is 10.1. The highest BCUT2D eigenvalue weighted by atomic mass is 19.1. The number of benzene rings is 2. The molecule has 0 aliphatic rings. The molecule has 0 saturated carbocycles. The van der Waals surface area contributed by atoms with E-state index in [-0.39, 0.29) is 5.82 Å². The number of rotatable bonds is 10. The van der Waals surface area contributed by atoms with Crippen molar-refractivity contribution in [2.45, 2.75) is 39.7 Å². The molecule has 0 aliphatic heterocycles.